The van der Waals surface area contributed by atoms with Gasteiger partial charge in [-0.2, -0.15) is 5.26 Å². The monoisotopic (exact) mass is 313 g/mol. The molecule has 0 aliphatic carbocycles. The van der Waals surface area contributed by atoms with Gasteiger partial charge in [0.25, 0.3) is 0 Å². The first-order valence-corrected chi connectivity index (χ1v) is 8.65. The van der Waals surface area contributed by atoms with Crippen molar-refractivity contribution >= 4 is 5.91 Å². The van der Waals surface area contributed by atoms with E-state index in [4.69, 9.17) is 5.26 Å². The summed E-state index contributed by atoms with van der Waals surface area (Å²) < 4.78 is 0. The third-order valence-electron chi connectivity index (χ3n) is 4.57. The number of benzene rings is 1. The number of carbonyl (C=O) groups is 1. The molecule has 0 saturated carbocycles. The fourth-order valence-corrected chi connectivity index (χ4v) is 2.91. The lowest BCUT2D eigenvalue weighted by atomic mass is 9.99. The first kappa shape index (κ1) is 17.5. The average Bonchev–Trinajstić information content (AvgIpc) is 2.59. The van der Waals surface area contributed by atoms with Crippen molar-refractivity contribution in [3.63, 3.8) is 0 Å². The van der Waals surface area contributed by atoms with Gasteiger partial charge < -0.3 is 10.2 Å². The Bertz CT molecular complexity index is 525. The molecule has 1 aliphatic rings. The molecule has 124 valence electrons. The first-order chi connectivity index (χ1) is 11.2. The Balaban J connectivity index is 1.55. The van der Waals surface area contributed by atoms with Crippen LogP contribution < -0.4 is 5.32 Å². The number of rotatable bonds is 7. The van der Waals surface area contributed by atoms with Crippen molar-refractivity contribution in [2.75, 3.05) is 26.2 Å². The summed E-state index contributed by atoms with van der Waals surface area (Å²) in [4.78, 5) is 14.4. The zero-order valence-electron chi connectivity index (χ0n) is 14.1. The second-order valence-electron chi connectivity index (χ2n) is 6.54. The Morgan fingerprint density at radius 1 is 1.30 bits per heavy atom. The van der Waals surface area contributed by atoms with E-state index in [2.05, 4.69) is 23.2 Å². The molecule has 4 heteroatoms. The number of nitrogens with one attached hydrogen (secondary N) is 1. The van der Waals surface area contributed by atoms with E-state index in [-0.39, 0.29) is 5.91 Å². The molecular weight excluding hydrogens is 286 g/mol. The summed E-state index contributed by atoms with van der Waals surface area (Å²) in [6, 6.07) is 9.54. The van der Waals surface area contributed by atoms with Crippen LogP contribution in [0.4, 0.5) is 0 Å². The highest BCUT2D eigenvalue weighted by atomic mass is 16.1. The number of carbonyl (C=O) groups excluding carboxylic acids is 1. The average molecular weight is 313 g/mol. The Morgan fingerprint density at radius 3 is 2.65 bits per heavy atom. The minimum Gasteiger partial charge on any atom is -0.356 e. The van der Waals surface area contributed by atoms with E-state index in [0.29, 0.717) is 12.0 Å². The molecule has 23 heavy (non-hydrogen) atoms. The first-order valence-electron chi connectivity index (χ1n) is 8.65. The minimum atomic E-state index is 0.113. The molecule has 0 aromatic heterocycles. The summed E-state index contributed by atoms with van der Waals surface area (Å²) in [5.41, 5.74) is 1.76. The summed E-state index contributed by atoms with van der Waals surface area (Å²) in [7, 11) is 0. The van der Waals surface area contributed by atoms with E-state index in [1.54, 1.807) is 12.1 Å². The van der Waals surface area contributed by atoms with Crippen molar-refractivity contribution < 1.29 is 4.79 Å². The van der Waals surface area contributed by atoms with Gasteiger partial charge in [0.2, 0.25) is 5.91 Å². The van der Waals surface area contributed by atoms with Crippen molar-refractivity contribution in [3.05, 3.63) is 35.4 Å². The van der Waals surface area contributed by atoms with Gasteiger partial charge in [-0.05, 0) is 68.9 Å². The smallest absolute Gasteiger partial charge is 0.220 e. The van der Waals surface area contributed by atoms with Crippen molar-refractivity contribution in [1.82, 2.24) is 10.2 Å². The van der Waals surface area contributed by atoms with E-state index >= 15 is 0 Å². The second kappa shape index (κ2) is 9.32. The Labute approximate surface area is 139 Å². The highest BCUT2D eigenvalue weighted by Crippen LogP contribution is 2.15. The topological polar surface area (TPSA) is 56.1 Å². The predicted octanol–water partition coefficient (Wildman–Crippen LogP) is 2.73. The number of likely N-dealkylation sites (tertiary alicyclic amines) is 1. The standard InChI is InChI=1S/C19H27N3O/c1-16-9-13-22(14-10-16)12-2-11-21-19(23)8-7-17-3-5-18(15-20)6-4-17/h3-6,16H,2,7-14H2,1H3,(H,21,23). The number of aryl methyl sites for hydroxylation is 1. The minimum absolute atomic E-state index is 0.113. The van der Waals surface area contributed by atoms with Crippen molar-refractivity contribution in [3.8, 4) is 6.07 Å². The molecule has 0 bridgehead atoms. The van der Waals surface area contributed by atoms with Crippen molar-refractivity contribution in [1.29, 1.82) is 5.26 Å². The Hall–Kier alpha value is -1.86. The third kappa shape index (κ3) is 6.42. The van der Waals surface area contributed by atoms with Gasteiger partial charge in [-0.25, -0.2) is 0 Å². The molecule has 1 N–H and O–H groups in total. The summed E-state index contributed by atoms with van der Waals surface area (Å²) in [6.45, 7) is 6.58. The fourth-order valence-electron chi connectivity index (χ4n) is 2.91. The molecule has 1 fully saturated rings. The molecule has 1 amide bonds. The van der Waals surface area contributed by atoms with E-state index in [0.717, 1.165) is 37.4 Å². The van der Waals surface area contributed by atoms with Crippen LogP contribution in [0.5, 0.6) is 0 Å². The van der Waals surface area contributed by atoms with Gasteiger partial charge in [0.15, 0.2) is 0 Å². The fraction of sp³-hybridized carbons (Fsp3) is 0.579. The van der Waals surface area contributed by atoms with Crippen LogP contribution in [0.25, 0.3) is 0 Å². The molecule has 0 spiro atoms. The van der Waals surface area contributed by atoms with Crippen LogP contribution >= 0.6 is 0 Å². The molecule has 2 rings (SSSR count). The number of piperidine rings is 1. The van der Waals surface area contributed by atoms with Crippen LogP contribution in [-0.4, -0.2) is 37.0 Å². The highest BCUT2D eigenvalue weighted by molar-refractivity contribution is 5.76. The normalized spacial score (nSPS) is 16.0. The number of nitriles is 1. The Morgan fingerprint density at radius 2 is 2.00 bits per heavy atom. The summed E-state index contributed by atoms with van der Waals surface area (Å²) in [6.07, 6.45) is 4.86. The highest BCUT2D eigenvalue weighted by Gasteiger charge is 2.14. The van der Waals surface area contributed by atoms with Gasteiger partial charge in [-0.1, -0.05) is 19.1 Å². The third-order valence-corrected chi connectivity index (χ3v) is 4.57. The van der Waals surface area contributed by atoms with Crippen LogP contribution in [0.3, 0.4) is 0 Å². The molecular formula is C19H27N3O. The molecule has 1 aliphatic heterocycles. The van der Waals surface area contributed by atoms with Gasteiger partial charge in [-0.3, -0.25) is 4.79 Å². The molecule has 1 heterocycles. The number of nitrogens with zero attached hydrogens (tertiary/aromatic N) is 2. The van der Waals surface area contributed by atoms with Gasteiger partial charge in [-0.15, -0.1) is 0 Å². The molecule has 0 unspecified atom stereocenters. The quantitative estimate of drug-likeness (QED) is 0.788. The van der Waals surface area contributed by atoms with Gasteiger partial charge in [0, 0.05) is 13.0 Å². The maximum absolute atomic E-state index is 11.9. The largest absolute Gasteiger partial charge is 0.356 e. The van der Waals surface area contributed by atoms with E-state index in [1.807, 2.05) is 12.1 Å². The van der Waals surface area contributed by atoms with Crippen molar-refractivity contribution in [2.24, 2.45) is 5.92 Å². The molecule has 1 aromatic rings. The van der Waals surface area contributed by atoms with Gasteiger partial charge >= 0.3 is 0 Å². The van der Waals surface area contributed by atoms with E-state index < -0.39 is 0 Å². The zero-order valence-corrected chi connectivity index (χ0v) is 14.1. The summed E-state index contributed by atoms with van der Waals surface area (Å²) >= 11 is 0. The molecule has 1 aromatic carbocycles. The lowest BCUT2D eigenvalue weighted by molar-refractivity contribution is -0.121. The number of hydrogen-bond donors (Lipinski definition) is 1. The Kier molecular flexibility index (Phi) is 7.09. The van der Waals surface area contributed by atoms with Crippen molar-refractivity contribution in [2.45, 2.75) is 39.0 Å². The lowest BCUT2D eigenvalue weighted by Crippen LogP contribution is -2.35. The second-order valence-corrected chi connectivity index (χ2v) is 6.54. The van der Waals surface area contributed by atoms with Gasteiger partial charge in [0.05, 0.1) is 11.6 Å². The zero-order chi connectivity index (χ0) is 16.5. The molecule has 0 atom stereocenters. The predicted molar refractivity (Wildman–Crippen MR) is 91.9 cm³/mol. The van der Waals surface area contributed by atoms with Gasteiger partial charge in [0.1, 0.15) is 0 Å². The maximum atomic E-state index is 11.9. The SMILES string of the molecule is CC1CCN(CCCNC(=O)CCc2ccc(C#N)cc2)CC1. The van der Waals surface area contributed by atoms with E-state index in [9.17, 15) is 4.79 Å². The summed E-state index contributed by atoms with van der Waals surface area (Å²) in [5, 5.41) is 11.8. The molecule has 1 saturated heterocycles. The molecule has 0 radical (unpaired) electrons. The molecule has 4 nitrogen and oxygen atoms in total. The van der Waals surface area contributed by atoms with Crippen LogP contribution in [0.2, 0.25) is 0 Å². The van der Waals surface area contributed by atoms with E-state index in [1.165, 1.54) is 25.9 Å². The summed E-state index contributed by atoms with van der Waals surface area (Å²) in [5.74, 6) is 0.981. The lowest BCUT2D eigenvalue weighted by Gasteiger charge is -2.30. The number of hydrogen-bond acceptors (Lipinski definition) is 3. The number of amides is 1. The van der Waals surface area contributed by atoms with Crippen LogP contribution in [0.15, 0.2) is 24.3 Å². The van der Waals surface area contributed by atoms with Crippen LogP contribution in [-0.2, 0) is 11.2 Å². The maximum Gasteiger partial charge on any atom is 0.220 e. The van der Waals surface area contributed by atoms with Crippen LogP contribution in [0.1, 0.15) is 43.7 Å². The van der Waals surface area contributed by atoms with Crippen LogP contribution in [0, 0.1) is 17.2 Å².